The molecule has 2 unspecified atom stereocenters. The summed E-state index contributed by atoms with van der Waals surface area (Å²) in [6.07, 6.45) is -0.137. The Hall–Kier alpha value is -2.40. The maximum atomic E-state index is 13.1. The van der Waals surface area contributed by atoms with Gasteiger partial charge in [0.1, 0.15) is 5.82 Å². The van der Waals surface area contributed by atoms with Gasteiger partial charge in [-0.3, -0.25) is 0 Å². The molecule has 4 nitrogen and oxygen atoms in total. The molecule has 3 N–H and O–H groups in total. The van der Waals surface area contributed by atoms with Crippen LogP contribution in [0.3, 0.4) is 0 Å². The lowest BCUT2D eigenvalue weighted by Gasteiger charge is -2.18. The average molecular weight is 286 g/mol. The minimum atomic E-state index is -0.652. The van der Waals surface area contributed by atoms with Crippen molar-refractivity contribution < 1.29 is 14.3 Å². The van der Waals surface area contributed by atoms with Gasteiger partial charge in [0.15, 0.2) is 0 Å². The fraction of sp³-hybridized carbons (Fsp3) is 0.188. The van der Waals surface area contributed by atoms with Gasteiger partial charge < -0.3 is 15.7 Å². The van der Waals surface area contributed by atoms with Gasteiger partial charge in [0.05, 0.1) is 12.1 Å². The first-order valence-corrected chi connectivity index (χ1v) is 6.72. The first-order chi connectivity index (χ1) is 10.1. The SMILES string of the molecule is O=C(Nc1cccc(F)c1)NC1c2ccccc2CC1O. The fourth-order valence-corrected chi connectivity index (χ4v) is 2.62. The molecule has 0 saturated carbocycles. The largest absolute Gasteiger partial charge is 0.390 e. The van der Waals surface area contributed by atoms with E-state index < -0.39 is 24.0 Å². The zero-order valence-corrected chi connectivity index (χ0v) is 11.2. The monoisotopic (exact) mass is 286 g/mol. The molecule has 0 radical (unpaired) electrons. The Balaban J connectivity index is 1.70. The average Bonchev–Trinajstić information content (AvgIpc) is 2.75. The lowest BCUT2D eigenvalue weighted by atomic mass is 10.1. The summed E-state index contributed by atoms with van der Waals surface area (Å²) in [6, 6.07) is 12.3. The van der Waals surface area contributed by atoms with Crippen LogP contribution in [-0.2, 0) is 6.42 Å². The van der Waals surface area contributed by atoms with E-state index >= 15 is 0 Å². The molecule has 1 aliphatic rings. The predicted molar refractivity (Wildman–Crippen MR) is 77.4 cm³/mol. The van der Waals surface area contributed by atoms with Gasteiger partial charge in [0, 0.05) is 12.1 Å². The Bertz CT molecular complexity index is 675. The topological polar surface area (TPSA) is 61.4 Å². The summed E-state index contributed by atoms with van der Waals surface area (Å²) in [4.78, 5) is 12.0. The van der Waals surface area contributed by atoms with Crippen LogP contribution in [0.25, 0.3) is 0 Å². The number of aliphatic hydroxyl groups excluding tert-OH is 1. The fourth-order valence-electron chi connectivity index (χ4n) is 2.62. The number of fused-ring (bicyclic) bond motifs is 1. The standard InChI is InChI=1S/C16H15FN2O2/c17-11-5-3-6-12(9-11)18-16(21)19-15-13-7-2-1-4-10(13)8-14(15)20/h1-7,9,14-15,20H,8H2,(H2,18,19,21). The van der Waals surface area contributed by atoms with E-state index in [1.807, 2.05) is 24.3 Å². The Kier molecular flexibility index (Phi) is 3.58. The molecule has 0 saturated heterocycles. The number of nitrogens with one attached hydrogen (secondary N) is 2. The molecule has 108 valence electrons. The predicted octanol–water partition coefficient (Wildman–Crippen LogP) is 2.61. The molecule has 2 aromatic rings. The zero-order chi connectivity index (χ0) is 14.8. The second-order valence-corrected chi connectivity index (χ2v) is 5.06. The maximum absolute atomic E-state index is 13.1. The number of hydrogen-bond acceptors (Lipinski definition) is 2. The van der Waals surface area contributed by atoms with Crippen molar-refractivity contribution in [3.05, 3.63) is 65.5 Å². The number of aliphatic hydroxyl groups is 1. The van der Waals surface area contributed by atoms with E-state index in [0.29, 0.717) is 12.1 Å². The van der Waals surface area contributed by atoms with Gasteiger partial charge >= 0.3 is 6.03 Å². The van der Waals surface area contributed by atoms with Gasteiger partial charge in [0.2, 0.25) is 0 Å². The molecule has 0 spiro atoms. The summed E-state index contributed by atoms with van der Waals surface area (Å²) in [7, 11) is 0. The van der Waals surface area contributed by atoms with Crippen LogP contribution >= 0.6 is 0 Å². The summed E-state index contributed by atoms with van der Waals surface area (Å²) in [5, 5.41) is 15.4. The zero-order valence-electron chi connectivity index (χ0n) is 11.2. The van der Waals surface area contributed by atoms with Crippen LogP contribution in [0.1, 0.15) is 17.2 Å². The van der Waals surface area contributed by atoms with Crippen LogP contribution in [0.2, 0.25) is 0 Å². The number of benzene rings is 2. The highest BCUT2D eigenvalue weighted by molar-refractivity contribution is 5.89. The highest BCUT2D eigenvalue weighted by Crippen LogP contribution is 2.31. The molecule has 2 aromatic carbocycles. The molecular formula is C16H15FN2O2. The first kappa shape index (κ1) is 13.6. The number of hydrogen-bond donors (Lipinski definition) is 3. The number of rotatable bonds is 2. The van der Waals surface area contributed by atoms with E-state index in [-0.39, 0.29) is 0 Å². The van der Waals surface area contributed by atoms with Crippen molar-refractivity contribution >= 4 is 11.7 Å². The second kappa shape index (κ2) is 5.54. The molecule has 3 rings (SSSR count). The van der Waals surface area contributed by atoms with Gasteiger partial charge in [-0.15, -0.1) is 0 Å². The van der Waals surface area contributed by atoms with Gasteiger partial charge in [0.25, 0.3) is 0 Å². The number of urea groups is 1. The summed E-state index contributed by atoms with van der Waals surface area (Å²) in [5.74, 6) is -0.418. The highest BCUT2D eigenvalue weighted by Gasteiger charge is 2.31. The van der Waals surface area contributed by atoms with Crippen LogP contribution in [0, 0.1) is 5.82 Å². The number of halogens is 1. The summed E-state index contributed by atoms with van der Waals surface area (Å²) >= 11 is 0. The van der Waals surface area contributed by atoms with Crippen molar-refractivity contribution in [1.82, 2.24) is 5.32 Å². The lowest BCUT2D eigenvalue weighted by Crippen LogP contribution is -2.36. The molecule has 1 aliphatic carbocycles. The van der Waals surface area contributed by atoms with E-state index in [1.54, 1.807) is 6.07 Å². The van der Waals surface area contributed by atoms with Crippen molar-refractivity contribution in [1.29, 1.82) is 0 Å². The van der Waals surface area contributed by atoms with Crippen LogP contribution in [0.4, 0.5) is 14.9 Å². The molecule has 0 heterocycles. The Morgan fingerprint density at radius 3 is 2.81 bits per heavy atom. The van der Waals surface area contributed by atoms with Crippen molar-refractivity contribution in [2.45, 2.75) is 18.6 Å². The smallest absolute Gasteiger partial charge is 0.319 e. The number of amides is 2. The minimum Gasteiger partial charge on any atom is -0.390 e. The number of carbonyl (C=O) groups is 1. The van der Waals surface area contributed by atoms with E-state index in [1.165, 1.54) is 18.2 Å². The molecule has 0 aromatic heterocycles. The van der Waals surface area contributed by atoms with Crippen molar-refractivity contribution in [2.75, 3.05) is 5.32 Å². The van der Waals surface area contributed by atoms with Gasteiger partial charge in [-0.2, -0.15) is 0 Å². The quantitative estimate of drug-likeness (QED) is 0.794. The van der Waals surface area contributed by atoms with Crippen LogP contribution < -0.4 is 10.6 Å². The van der Waals surface area contributed by atoms with Gasteiger partial charge in [-0.1, -0.05) is 30.3 Å². The molecule has 0 fully saturated rings. The minimum absolute atomic E-state index is 0.369. The molecule has 21 heavy (non-hydrogen) atoms. The normalized spacial score (nSPS) is 19.9. The van der Waals surface area contributed by atoms with E-state index in [0.717, 1.165) is 11.1 Å². The van der Waals surface area contributed by atoms with Crippen LogP contribution in [0.15, 0.2) is 48.5 Å². The van der Waals surface area contributed by atoms with Crippen LogP contribution in [0.5, 0.6) is 0 Å². The van der Waals surface area contributed by atoms with Crippen molar-refractivity contribution in [3.63, 3.8) is 0 Å². The van der Waals surface area contributed by atoms with E-state index in [2.05, 4.69) is 10.6 Å². The Morgan fingerprint density at radius 1 is 1.19 bits per heavy atom. The second-order valence-electron chi connectivity index (χ2n) is 5.06. The lowest BCUT2D eigenvalue weighted by molar-refractivity contribution is 0.144. The van der Waals surface area contributed by atoms with Gasteiger partial charge in [-0.05, 0) is 29.3 Å². The molecule has 0 aliphatic heterocycles. The van der Waals surface area contributed by atoms with Gasteiger partial charge in [-0.25, -0.2) is 9.18 Å². The van der Waals surface area contributed by atoms with E-state index in [4.69, 9.17) is 0 Å². The third kappa shape index (κ3) is 2.87. The van der Waals surface area contributed by atoms with Crippen LogP contribution in [-0.4, -0.2) is 17.2 Å². The first-order valence-electron chi connectivity index (χ1n) is 6.72. The summed E-state index contributed by atoms with van der Waals surface area (Å²) < 4.78 is 13.1. The molecule has 5 heteroatoms. The van der Waals surface area contributed by atoms with Crippen molar-refractivity contribution in [2.24, 2.45) is 0 Å². The highest BCUT2D eigenvalue weighted by atomic mass is 19.1. The summed E-state index contributed by atoms with van der Waals surface area (Å²) in [5.41, 5.74) is 2.31. The number of carbonyl (C=O) groups excluding carboxylic acids is 1. The summed E-state index contributed by atoms with van der Waals surface area (Å²) in [6.45, 7) is 0. The number of anilines is 1. The third-order valence-corrected chi connectivity index (χ3v) is 3.57. The molecule has 2 atom stereocenters. The maximum Gasteiger partial charge on any atom is 0.319 e. The van der Waals surface area contributed by atoms with Crippen molar-refractivity contribution in [3.8, 4) is 0 Å². The Morgan fingerprint density at radius 2 is 2.00 bits per heavy atom. The van der Waals surface area contributed by atoms with E-state index in [9.17, 15) is 14.3 Å². The molecular weight excluding hydrogens is 271 g/mol. The molecule has 0 bridgehead atoms. The Labute approximate surface area is 121 Å². The third-order valence-electron chi connectivity index (χ3n) is 3.57. The molecule has 2 amide bonds.